The van der Waals surface area contributed by atoms with Crippen LogP contribution in [-0.2, 0) is 4.79 Å². The predicted molar refractivity (Wildman–Crippen MR) is 41.6 cm³/mol. The summed E-state index contributed by atoms with van der Waals surface area (Å²) in [6.45, 7) is 1.88. The van der Waals surface area contributed by atoms with Crippen LogP contribution in [-0.4, -0.2) is 16.2 Å². The van der Waals surface area contributed by atoms with Gasteiger partial charge in [0.1, 0.15) is 0 Å². The van der Waals surface area contributed by atoms with Crippen LogP contribution in [0.1, 0.15) is 13.3 Å². The van der Waals surface area contributed by atoms with E-state index in [0.29, 0.717) is 6.42 Å². The molecule has 0 heterocycles. The lowest BCUT2D eigenvalue weighted by Gasteiger charge is -1.90. The number of hydrogen-bond acceptors (Lipinski definition) is 2. The molecule has 3 heteroatoms. The molecular weight excluding hydrogens is 188 g/mol. The van der Waals surface area contributed by atoms with Gasteiger partial charge >= 0.3 is 0 Å². The molecule has 0 aliphatic heterocycles. The Morgan fingerprint density at radius 2 is 2.38 bits per heavy atom. The van der Waals surface area contributed by atoms with Crippen LogP contribution in [0.15, 0.2) is 0 Å². The van der Waals surface area contributed by atoms with Gasteiger partial charge in [-0.1, -0.05) is 34.6 Å². The summed E-state index contributed by atoms with van der Waals surface area (Å²) in [5.41, 5.74) is 0. The smallest absolute Gasteiger partial charge is 0.188 e. The molecule has 1 nitrogen and oxygen atoms in total. The van der Waals surface area contributed by atoms with Gasteiger partial charge in [-0.05, 0) is 0 Å². The number of hydrogen-bond donors (Lipinski definition) is 0. The van der Waals surface area contributed by atoms with Gasteiger partial charge in [-0.25, -0.2) is 0 Å². The number of halogens is 1. The van der Waals surface area contributed by atoms with Crippen molar-refractivity contribution in [1.29, 1.82) is 0 Å². The highest BCUT2D eigenvalue weighted by Crippen LogP contribution is 2.04. The molecule has 0 aromatic rings. The van der Waals surface area contributed by atoms with E-state index >= 15 is 0 Å². The molecule has 0 spiro atoms. The molecule has 0 N–H and O–H groups in total. The van der Waals surface area contributed by atoms with E-state index in [0.717, 1.165) is 11.1 Å². The molecule has 0 atom stereocenters. The molecule has 0 radical (unpaired) electrons. The van der Waals surface area contributed by atoms with Crippen LogP contribution in [0.3, 0.4) is 0 Å². The molecule has 48 valence electrons. The molecule has 0 saturated carbocycles. The normalized spacial score (nSPS) is 9.25. The lowest BCUT2D eigenvalue weighted by atomic mass is 10.6. The zero-order valence-electron chi connectivity index (χ0n) is 4.82. The van der Waals surface area contributed by atoms with Gasteiger partial charge in [0.25, 0.3) is 0 Å². The first kappa shape index (κ1) is 8.50. The SMILES string of the molecule is CCC(=O)SCCBr. The van der Waals surface area contributed by atoms with Crippen LogP contribution >= 0.6 is 27.7 Å². The lowest BCUT2D eigenvalue weighted by Crippen LogP contribution is -1.89. The highest BCUT2D eigenvalue weighted by atomic mass is 79.9. The third kappa shape index (κ3) is 4.65. The number of carbonyl (C=O) groups excluding carboxylic acids is 1. The van der Waals surface area contributed by atoms with E-state index in [1.807, 2.05) is 6.92 Å². The first-order valence-corrected chi connectivity index (χ1v) is 4.63. The third-order valence-corrected chi connectivity index (χ3v) is 2.57. The molecule has 8 heavy (non-hydrogen) atoms. The largest absolute Gasteiger partial charge is 0.287 e. The Morgan fingerprint density at radius 3 is 2.75 bits per heavy atom. The molecule has 0 unspecified atom stereocenters. The van der Waals surface area contributed by atoms with Gasteiger partial charge in [0.05, 0.1) is 0 Å². The Bertz CT molecular complexity index is 74.8. The maximum Gasteiger partial charge on any atom is 0.188 e. The van der Waals surface area contributed by atoms with Crippen molar-refractivity contribution in [3.05, 3.63) is 0 Å². The van der Waals surface area contributed by atoms with E-state index in [4.69, 9.17) is 0 Å². The minimum absolute atomic E-state index is 0.282. The van der Waals surface area contributed by atoms with Crippen LogP contribution in [0.25, 0.3) is 0 Å². The molecule has 0 rings (SSSR count). The third-order valence-electron chi connectivity index (χ3n) is 0.629. The average molecular weight is 197 g/mol. The summed E-state index contributed by atoms with van der Waals surface area (Å²) >= 11 is 4.62. The van der Waals surface area contributed by atoms with E-state index in [2.05, 4.69) is 15.9 Å². The Kier molecular flexibility index (Phi) is 5.99. The Morgan fingerprint density at radius 1 is 1.75 bits per heavy atom. The maximum absolute atomic E-state index is 10.5. The summed E-state index contributed by atoms with van der Waals surface area (Å²) in [7, 11) is 0. The van der Waals surface area contributed by atoms with E-state index in [-0.39, 0.29) is 5.12 Å². The van der Waals surface area contributed by atoms with Gasteiger partial charge < -0.3 is 0 Å². The van der Waals surface area contributed by atoms with Crippen molar-refractivity contribution in [1.82, 2.24) is 0 Å². The lowest BCUT2D eigenvalue weighted by molar-refractivity contribution is -0.110. The minimum atomic E-state index is 0.282. The highest BCUT2D eigenvalue weighted by Gasteiger charge is 1.94. The zero-order chi connectivity index (χ0) is 6.41. The van der Waals surface area contributed by atoms with Crippen molar-refractivity contribution in [2.75, 3.05) is 11.1 Å². The van der Waals surface area contributed by atoms with Crippen molar-refractivity contribution in [2.45, 2.75) is 13.3 Å². The molecule has 0 amide bonds. The molecular formula is C5H9BrOS. The molecule has 0 bridgehead atoms. The monoisotopic (exact) mass is 196 g/mol. The molecule has 0 saturated heterocycles. The Hall–Kier alpha value is 0.500. The van der Waals surface area contributed by atoms with Crippen LogP contribution in [0.4, 0.5) is 0 Å². The van der Waals surface area contributed by atoms with Crippen LogP contribution in [0.2, 0.25) is 0 Å². The molecule has 0 aromatic carbocycles. The quantitative estimate of drug-likeness (QED) is 0.644. The van der Waals surface area contributed by atoms with Crippen molar-refractivity contribution in [3.63, 3.8) is 0 Å². The molecule has 0 aromatic heterocycles. The second-order valence-electron chi connectivity index (χ2n) is 1.26. The molecule has 0 fully saturated rings. The van der Waals surface area contributed by atoms with E-state index in [1.165, 1.54) is 11.8 Å². The fourth-order valence-electron chi connectivity index (χ4n) is 0.254. The minimum Gasteiger partial charge on any atom is -0.287 e. The second kappa shape index (κ2) is 5.63. The summed E-state index contributed by atoms with van der Waals surface area (Å²) in [6, 6.07) is 0. The summed E-state index contributed by atoms with van der Waals surface area (Å²) in [4.78, 5) is 10.5. The second-order valence-corrected chi connectivity index (χ2v) is 3.21. The van der Waals surface area contributed by atoms with Crippen molar-refractivity contribution in [3.8, 4) is 0 Å². The number of alkyl halides is 1. The van der Waals surface area contributed by atoms with Crippen LogP contribution in [0.5, 0.6) is 0 Å². The van der Waals surface area contributed by atoms with Crippen molar-refractivity contribution in [2.24, 2.45) is 0 Å². The predicted octanol–water partition coefficient (Wildman–Crippen LogP) is 2.05. The Balaban J connectivity index is 2.99. The first-order valence-electron chi connectivity index (χ1n) is 2.52. The van der Waals surface area contributed by atoms with Gasteiger partial charge in [-0.3, -0.25) is 4.79 Å². The number of carbonyl (C=O) groups is 1. The summed E-state index contributed by atoms with van der Waals surface area (Å²) in [5, 5.41) is 1.19. The van der Waals surface area contributed by atoms with E-state index in [1.54, 1.807) is 0 Å². The van der Waals surface area contributed by atoms with E-state index in [9.17, 15) is 4.79 Å². The topological polar surface area (TPSA) is 17.1 Å². The molecule has 0 aliphatic rings. The summed E-state index contributed by atoms with van der Waals surface area (Å²) < 4.78 is 0. The first-order chi connectivity index (χ1) is 3.81. The number of thioether (sulfide) groups is 1. The standard InChI is InChI=1S/C5H9BrOS/c1-2-5(7)8-4-3-6/h2-4H2,1H3. The van der Waals surface area contributed by atoms with Crippen LogP contribution < -0.4 is 0 Å². The molecule has 0 aliphatic carbocycles. The van der Waals surface area contributed by atoms with Gasteiger partial charge in [0, 0.05) is 17.5 Å². The summed E-state index contributed by atoms with van der Waals surface area (Å²) in [6.07, 6.45) is 0.650. The fourth-order valence-corrected chi connectivity index (χ4v) is 1.25. The fraction of sp³-hybridized carbons (Fsp3) is 0.800. The van der Waals surface area contributed by atoms with Crippen molar-refractivity contribution >= 4 is 32.8 Å². The van der Waals surface area contributed by atoms with Crippen LogP contribution in [0, 0.1) is 0 Å². The summed E-state index contributed by atoms with van der Waals surface area (Å²) in [5.74, 6) is 0.896. The Labute approximate surface area is 62.4 Å². The number of rotatable bonds is 3. The van der Waals surface area contributed by atoms with Gasteiger partial charge in [-0.2, -0.15) is 0 Å². The van der Waals surface area contributed by atoms with Gasteiger partial charge in [0.15, 0.2) is 5.12 Å². The van der Waals surface area contributed by atoms with Gasteiger partial charge in [-0.15, -0.1) is 0 Å². The van der Waals surface area contributed by atoms with Gasteiger partial charge in [0.2, 0.25) is 0 Å². The zero-order valence-corrected chi connectivity index (χ0v) is 7.22. The van der Waals surface area contributed by atoms with Crippen molar-refractivity contribution < 1.29 is 4.79 Å². The highest BCUT2D eigenvalue weighted by molar-refractivity contribution is 9.09. The maximum atomic E-state index is 10.5. The average Bonchev–Trinajstić information content (AvgIpc) is 1.83. The van der Waals surface area contributed by atoms with E-state index < -0.39 is 0 Å².